The summed E-state index contributed by atoms with van der Waals surface area (Å²) in [5.74, 6) is -1.35. The molecule has 0 aromatic heterocycles. The van der Waals surface area contributed by atoms with Crippen LogP contribution >= 0.6 is 0 Å². The molecule has 2 amide bonds. The summed E-state index contributed by atoms with van der Waals surface area (Å²) >= 11 is 0. The van der Waals surface area contributed by atoms with Gasteiger partial charge in [-0.15, -0.1) is 0 Å². The number of ether oxygens (including phenoxy) is 3. The number of carbonyl (C=O) groups excluding carboxylic acids is 3. The molecule has 0 spiro atoms. The highest BCUT2D eigenvalue weighted by molar-refractivity contribution is 5.94. The van der Waals surface area contributed by atoms with Gasteiger partial charge in [0, 0.05) is 6.04 Å². The molecule has 2 aromatic rings. The Labute approximate surface area is 230 Å². The third kappa shape index (κ3) is 7.80. The van der Waals surface area contributed by atoms with E-state index >= 15 is 0 Å². The van der Waals surface area contributed by atoms with E-state index in [1.165, 1.54) is 11.8 Å². The van der Waals surface area contributed by atoms with Crippen molar-refractivity contribution in [3.63, 3.8) is 0 Å². The molecule has 0 radical (unpaired) electrons. The molecule has 1 aliphatic heterocycles. The predicted molar refractivity (Wildman–Crippen MR) is 145 cm³/mol. The fourth-order valence-electron chi connectivity index (χ4n) is 4.70. The number of aliphatic hydroxyl groups is 1. The average molecular weight is 541 g/mol. The molecular formula is C30H40N2O7. The zero-order valence-electron chi connectivity index (χ0n) is 23.4. The molecule has 0 bridgehead atoms. The molecule has 3 unspecified atom stereocenters. The maximum Gasteiger partial charge on any atom is 0.411 e. The number of hydrogen-bond donors (Lipinski definition) is 2. The Morgan fingerprint density at radius 3 is 2.13 bits per heavy atom. The summed E-state index contributed by atoms with van der Waals surface area (Å²) in [4.78, 5) is 41.5. The fraction of sp³-hybridized carbons (Fsp3) is 0.500. The highest BCUT2D eigenvalue weighted by atomic mass is 16.6. The van der Waals surface area contributed by atoms with E-state index in [0.717, 1.165) is 11.1 Å². The van der Waals surface area contributed by atoms with Crippen molar-refractivity contribution < 1.29 is 33.7 Å². The van der Waals surface area contributed by atoms with Crippen molar-refractivity contribution in [2.75, 3.05) is 6.61 Å². The summed E-state index contributed by atoms with van der Waals surface area (Å²) in [6.45, 7) is 8.55. The molecule has 212 valence electrons. The lowest BCUT2D eigenvalue weighted by atomic mass is 9.88. The quantitative estimate of drug-likeness (QED) is 0.438. The Kier molecular flexibility index (Phi) is 10.1. The van der Waals surface area contributed by atoms with E-state index in [9.17, 15) is 19.5 Å². The molecule has 9 heteroatoms. The Balaban J connectivity index is 1.81. The van der Waals surface area contributed by atoms with Crippen molar-refractivity contribution in [2.45, 2.75) is 90.0 Å². The van der Waals surface area contributed by atoms with E-state index in [1.807, 2.05) is 60.7 Å². The highest BCUT2D eigenvalue weighted by Crippen LogP contribution is 2.38. The second-order valence-electron chi connectivity index (χ2n) is 11.0. The first-order chi connectivity index (χ1) is 18.4. The number of nitrogens with zero attached hydrogens (tertiary/aromatic N) is 1. The van der Waals surface area contributed by atoms with Crippen molar-refractivity contribution >= 4 is 18.0 Å². The van der Waals surface area contributed by atoms with Gasteiger partial charge in [-0.2, -0.15) is 0 Å². The Bertz CT molecular complexity index is 1100. The third-order valence-corrected chi connectivity index (χ3v) is 6.70. The Hall–Kier alpha value is -3.43. The molecule has 1 fully saturated rings. The fourth-order valence-corrected chi connectivity index (χ4v) is 4.70. The van der Waals surface area contributed by atoms with Crippen LogP contribution < -0.4 is 5.32 Å². The molecule has 0 aliphatic carbocycles. The van der Waals surface area contributed by atoms with Gasteiger partial charge >= 0.3 is 12.1 Å². The molecule has 1 saturated heterocycles. The van der Waals surface area contributed by atoms with Gasteiger partial charge in [0.05, 0.1) is 19.3 Å². The smallest absolute Gasteiger partial charge is 0.411 e. The third-order valence-electron chi connectivity index (χ3n) is 6.70. The summed E-state index contributed by atoms with van der Waals surface area (Å²) in [5, 5.41) is 13.6. The van der Waals surface area contributed by atoms with Gasteiger partial charge in [0.25, 0.3) is 0 Å². The second kappa shape index (κ2) is 13.1. The van der Waals surface area contributed by atoms with Gasteiger partial charge in [0.2, 0.25) is 5.91 Å². The van der Waals surface area contributed by atoms with Gasteiger partial charge in [0.1, 0.15) is 12.2 Å². The number of hydrogen-bond acceptors (Lipinski definition) is 7. The zero-order valence-corrected chi connectivity index (χ0v) is 23.4. The number of benzene rings is 2. The van der Waals surface area contributed by atoms with Crippen molar-refractivity contribution in [2.24, 2.45) is 0 Å². The van der Waals surface area contributed by atoms with Crippen LogP contribution in [0.5, 0.6) is 0 Å². The summed E-state index contributed by atoms with van der Waals surface area (Å²) in [7, 11) is 0. The summed E-state index contributed by atoms with van der Waals surface area (Å²) in [6.07, 6.45) is -1.26. The lowest BCUT2D eigenvalue weighted by Crippen LogP contribution is -2.66. The van der Waals surface area contributed by atoms with Gasteiger partial charge in [-0.1, -0.05) is 60.7 Å². The second-order valence-corrected chi connectivity index (χ2v) is 11.0. The normalized spacial score (nSPS) is 20.7. The Morgan fingerprint density at radius 1 is 1.03 bits per heavy atom. The molecule has 3 rings (SSSR count). The molecule has 9 nitrogen and oxygen atoms in total. The minimum absolute atomic E-state index is 0.0212. The van der Waals surface area contributed by atoms with Gasteiger partial charge in [-0.25, -0.2) is 9.59 Å². The van der Waals surface area contributed by atoms with Crippen LogP contribution in [0.25, 0.3) is 0 Å². The number of rotatable bonds is 10. The monoisotopic (exact) mass is 540 g/mol. The van der Waals surface area contributed by atoms with Crippen LogP contribution in [0.3, 0.4) is 0 Å². The number of likely N-dealkylation sites (tertiary alicyclic amines) is 1. The van der Waals surface area contributed by atoms with Crippen LogP contribution in [-0.4, -0.2) is 63.9 Å². The first kappa shape index (κ1) is 30.1. The topological polar surface area (TPSA) is 114 Å². The van der Waals surface area contributed by atoms with Crippen molar-refractivity contribution in [1.29, 1.82) is 0 Å². The van der Waals surface area contributed by atoms with E-state index in [1.54, 1.807) is 27.7 Å². The number of amides is 2. The van der Waals surface area contributed by atoms with Crippen LogP contribution in [0, 0.1) is 0 Å². The molecule has 0 saturated carbocycles. The van der Waals surface area contributed by atoms with E-state index in [-0.39, 0.29) is 32.3 Å². The van der Waals surface area contributed by atoms with E-state index in [4.69, 9.17) is 14.2 Å². The number of esters is 1. The highest BCUT2D eigenvalue weighted by Gasteiger charge is 2.57. The van der Waals surface area contributed by atoms with E-state index in [0.29, 0.717) is 6.42 Å². The molecule has 1 aliphatic rings. The molecular weight excluding hydrogens is 500 g/mol. The van der Waals surface area contributed by atoms with Crippen molar-refractivity contribution in [3.05, 3.63) is 71.8 Å². The molecule has 4 atom stereocenters. The van der Waals surface area contributed by atoms with E-state index < -0.39 is 41.3 Å². The summed E-state index contributed by atoms with van der Waals surface area (Å²) < 4.78 is 16.9. The lowest BCUT2D eigenvalue weighted by molar-refractivity contribution is -0.154. The van der Waals surface area contributed by atoms with Crippen LogP contribution in [0.15, 0.2) is 60.7 Å². The van der Waals surface area contributed by atoms with Gasteiger partial charge in [-0.3, -0.25) is 9.69 Å². The number of carbonyl (C=O) groups is 3. The van der Waals surface area contributed by atoms with Gasteiger partial charge in [0.15, 0.2) is 11.6 Å². The lowest BCUT2D eigenvalue weighted by Gasteiger charge is -2.42. The summed E-state index contributed by atoms with van der Waals surface area (Å²) in [5.41, 5.74) is -0.724. The first-order valence-electron chi connectivity index (χ1n) is 13.3. The maximum absolute atomic E-state index is 13.9. The largest absolute Gasteiger partial charge is 0.459 e. The van der Waals surface area contributed by atoms with Crippen LogP contribution in [0.1, 0.15) is 58.6 Å². The first-order valence-corrected chi connectivity index (χ1v) is 13.3. The molecule has 2 aromatic carbocycles. The minimum atomic E-state index is -1.63. The SMILES string of the molecule is CC1CCC(C(=O)N[C@@H](COCc2ccccc2)C(=O)OCc2ccccc2)(C(C)O)N1C(=O)OC(C)(C)C. The molecule has 1 heterocycles. The minimum Gasteiger partial charge on any atom is -0.459 e. The summed E-state index contributed by atoms with van der Waals surface area (Å²) in [6, 6.07) is 17.1. The average Bonchev–Trinajstić information content (AvgIpc) is 3.25. The van der Waals surface area contributed by atoms with Gasteiger partial charge in [-0.05, 0) is 58.6 Å². The van der Waals surface area contributed by atoms with E-state index in [2.05, 4.69) is 5.32 Å². The Morgan fingerprint density at radius 2 is 1.59 bits per heavy atom. The van der Waals surface area contributed by atoms with Crippen molar-refractivity contribution in [3.8, 4) is 0 Å². The number of nitrogens with one attached hydrogen (secondary N) is 1. The number of aliphatic hydroxyl groups excluding tert-OH is 1. The van der Waals surface area contributed by atoms with Crippen LogP contribution in [0.4, 0.5) is 4.79 Å². The maximum atomic E-state index is 13.9. The zero-order chi connectivity index (χ0) is 28.6. The predicted octanol–water partition coefficient (Wildman–Crippen LogP) is 3.97. The van der Waals surface area contributed by atoms with Gasteiger partial charge < -0.3 is 24.6 Å². The van der Waals surface area contributed by atoms with Crippen molar-refractivity contribution in [1.82, 2.24) is 10.2 Å². The van der Waals surface area contributed by atoms with Crippen LogP contribution in [-0.2, 0) is 37.0 Å². The molecule has 2 N–H and O–H groups in total. The molecule has 39 heavy (non-hydrogen) atoms. The standard InChI is InChI=1S/C30H40N2O7/c1-21-16-17-30(22(2)33,32(21)28(36)39-29(3,4)5)27(35)31-25(20-37-18-23-12-8-6-9-13-23)26(34)38-19-24-14-10-7-11-15-24/h6-15,21-22,25,33H,16-20H2,1-5H3,(H,31,35)/t21?,22?,25-,30?/m0/s1. The van der Waals surface area contributed by atoms with Crippen LogP contribution in [0.2, 0.25) is 0 Å².